The lowest BCUT2D eigenvalue weighted by Crippen LogP contribution is -2.47. The van der Waals surface area contributed by atoms with E-state index in [0.717, 1.165) is 42.6 Å². The molecule has 0 aliphatic carbocycles. The average Bonchev–Trinajstić information content (AvgIpc) is 2.96. The van der Waals surface area contributed by atoms with Crippen LogP contribution >= 0.6 is 15.9 Å². The first kappa shape index (κ1) is 20.8. The number of aromatic nitrogens is 3. The summed E-state index contributed by atoms with van der Waals surface area (Å²) in [6, 6.07) is 1.85. The van der Waals surface area contributed by atoms with Gasteiger partial charge in [-0.2, -0.15) is 10.1 Å². The summed E-state index contributed by atoms with van der Waals surface area (Å²) < 4.78 is 15.0. The van der Waals surface area contributed by atoms with E-state index < -0.39 is 8.32 Å². The number of nitrogens with zero attached hydrogens (tertiary/aromatic N) is 4. The molecule has 0 radical (unpaired) electrons. The minimum atomic E-state index is -1.67. The summed E-state index contributed by atoms with van der Waals surface area (Å²) in [5, 5.41) is 4.47. The van der Waals surface area contributed by atoms with Crippen molar-refractivity contribution in [1.82, 2.24) is 19.5 Å². The van der Waals surface area contributed by atoms with Gasteiger partial charge in [-0.25, -0.2) is 4.52 Å². The van der Waals surface area contributed by atoms with E-state index in [9.17, 15) is 0 Å². The predicted octanol–water partition coefficient (Wildman–Crippen LogP) is 4.36. The molecule has 2 aromatic rings. The van der Waals surface area contributed by atoms with E-state index in [1.807, 2.05) is 12.3 Å². The van der Waals surface area contributed by atoms with Crippen LogP contribution in [0.2, 0.25) is 18.1 Å². The smallest absolute Gasteiger partial charge is 0.216 e. The molecule has 0 amide bonds. The Balaban J connectivity index is 1.42. The topological polar surface area (TPSA) is 51.9 Å². The van der Waals surface area contributed by atoms with Gasteiger partial charge in [0.25, 0.3) is 0 Å². The number of hydrogen-bond donors (Lipinski definition) is 0. The molecule has 2 aromatic heterocycles. The zero-order valence-corrected chi connectivity index (χ0v) is 19.6. The van der Waals surface area contributed by atoms with Crippen molar-refractivity contribution in [2.24, 2.45) is 0 Å². The van der Waals surface area contributed by atoms with Crippen molar-refractivity contribution in [3.63, 3.8) is 0 Å². The van der Waals surface area contributed by atoms with Gasteiger partial charge in [0.2, 0.25) is 5.88 Å². The van der Waals surface area contributed by atoms with E-state index in [1.165, 1.54) is 0 Å². The van der Waals surface area contributed by atoms with Crippen LogP contribution in [0, 0.1) is 0 Å². The summed E-state index contributed by atoms with van der Waals surface area (Å²) in [4.78, 5) is 6.95. The highest BCUT2D eigenvalue weighted by Gasteiger charge is 2.39. The summed E-state index contributed by atoms with van der Waals surface area (Å²) in [6.45, 7) is 15.3. The van der Waals surface area contributed by atoms with Crippen molar-refractivity contribution in [1.29, 1.82) is 0 Å². The number of fused-ring (bicyclic) bond motifs is 1. The molecule has 6 nitrogen and oxygen atoms in total. The number of halogens is 1. The molecule has 1 aliphatic heterocycles. The van der Waals surface area contributed by atoms with Crippen LogP contribution in [0.4, 0.5) is 0 Å². The molecule has 1 saturated heterocycles. The molecule has 0 saturated carbocycles. The van der Waals surface area contributed by atoms with E-state index >= 15 is 0 Å². The number of piperidine rings is 1. The van der Waals surface area contributed by atoms with Crippen molar-refractivity contribution < 1.29 is 9.16 Å². The molecule has 1 aliphatic rings. The maximum Gasteiger partial charge on any atom is 0.216 e. The van der Waals surface area contributed by atoms with Crippen molar-refractivity contribution in [2.45, 2.75) is 57.8 Å². The third-order valence-electron chi connectivity index (χ3n) is 5.76. The lowest BCUT2D eigenvalue weighted by molar-refractivity contribution is 0.0816. The molecule has 1 fully saturated rings. The van der Waals surface area contributed by atoms with Gasteiger partial charge in [-0.05, 0) is 46.9 Å². The highest BCUT2D eigenvalue weighted by Crippen LogP contribution is 2.38. The van der Waals surface area contributed by atoms with Crippen molar-refractivity contribution in [3.05, 3.63) is 22.9 Å². The quantitative estimate of drug-likeness (QED) is 0.606. The third kappa shape index (κ3) is 5.10. The lowest BCUT2D eigenvalue weighted by atomic mass is 10.1. The molecule has 0 bridgehead atoms. The summed E-state index contributed by atoms with van der Waals surface area (Å²) in [5.74, 6) is 0.639. The van der Waals surface area contributed by atoms with Gasteiger partial charge in [0.05, 0.1) is 10.7 Å². The Bertz CT molecular complexity index is 767. The van der Waals surface area contributed by atoms with Crippen LogP contribution in [-0.2, 0) is 4.43 Å². The number of ether oxygens (including phenoxy) is 1. The molecule has 0 N–H and O–H groups in total. The Labute approximate surface area is 171 Å². The predicted molar refractivity (Wildman–Crippen MR) is 114 cm³/mol. The maximum atomic E-state index is 6.57. The van der Waals surface area contributed by atoms with Crippen LogP contribution in [0.3, 0.4) is 0 Å². The van der Waals surface area contributed by atoms with Gasteiger partial charge in [0, 0.05) is 38.0 Å². The Morgan fingerprint density at radius 3 is 2.63 bits per heavy atom. The highest BCUT2D eigenvalue weighted by atomic mass is 79.9. The molecule has 8 heteroatoms. The first-order valence-corrected chi connectivity index (χ1v) is 13.4. The molecule has 0 aromatic carbocycles. The van der Waals surface area contributed by atoms with E-state index in [1.54, 1.807) is 10.7 Å². The summed E-state index contributed by atoms with van der Waals surface area (Å²) in [5.41, 5.74) is 0.774. The number of hydrogen-bond acceptors (Lipinski definition) is 5. The summed E-state index contributed by atoms with van der Waals surface area (Å²) in [7, 11) is -1.67. The molecular formula is C19H31BrN4O2Si. The molecule has 3 heterocycles. The maximum absolute atomic E-state index is 6.57. The van der Waals surface area contributed by atoms with Gasteiger partial charge in [-0.15, -0.1) is 0 Å². The van der Waals surface area contributed by atoms with Gasteiger partial charge < -0.3 is 9.16 Å². The molecule has 0 unspecified atom stereocenters. The fourth-order valence-corrected chi connectivity index (χ4v) is 4.81. The van der Waals surface area contributed by atoms with Gasteiger partial charge in [0.1, 0.15) is 6.61 Å². The zero-order chi connectivity index (χ0) is 19.7. The monoisotopic (exact) mass is 454 g/mol. The summed E-state index contributed by atoms with van der Waals surface area (Å²) >= 11 is 3.45. The van der Waals surface area contributed by atoms with Gasteiger partial charge in [-0.3, -0.25) is 4.90 Å². The summed E-state index contributed by atoms with van der Waals surface area (Å²) in [6.07, 6.45) is 6.24. The molecule has 3 rings (SSSR count). The first-order valence-electron chi connectivity index (χ1n) is 9.68. The molecule has 0 spiro atoms. The minimum Gasteiger partial charge on any atom is -0.476 e. The Morgan fingerprint density at radius 2 is 1.96 bits per heavy atom. The van der Waals surface area contributed by atoms with Crippen molar-refractivity contribution >= 4 is 29.9 Å². The number of rotatable bonds is 6. The third-order valence-corrected chi connectivity index (χ3v) is 10.9. The highest BCUT2D eigenvalue weighted by molar-refractivity contribution is 9.10. The van der Waals surface area contributed by atoms with Crippen LogP contribution in [0.5, 0.6) is 5.88 Å². The second-order valence-electron chi connectivity index (χ2n) is 8.79. The molecule has 0 atom stereocenters. The fraction of sp³-hybridized carbons (Fsp3) is 0.684. The largest absolute Gasteiger partial charge is 0.476 e. The normalized spacial score (nSPS) is 17.6. The zero-order valence-electron chi connectivity index (χ0n) is 17.0. The van der Waals surface area contributed by atoms with Crippen LogP contribution in [0.25, 0.3) is 5.65 Å². The van der Waals surface area contributed by atoms with E-state index in [2.05, 4.69) is 64.8 Å². The van der Waals surface area contributed by atoms with E-state index in [0.29, 0.717) is 18.6 Å². The SMILES string of the molecule is CC(C)(C)[Si](C)(C)OC1CCN(CCOc2ccn3ncc(Br)c3n2)CC1. The average molecular weight is 455 g/mol. The van der Waals surface area contributed by atoms with Crippen LogP contribution in [-0.4, -0.2) is 60.2 Å². The molecule has 27 heavy (non-hydrogen) atoms. The standard InChI is InChI=1S/C19H31BrN4O2Si/c1-19(2,3)27(4,5)26-15-6-9-23(10-7-15)12-13-25-17-8-11-24-18(22-17)16(20)14-21-24/h8,11,14-15H,6-7,9-10,12-13H2,1-5H3. The molecular weight excluding hydrogens is 424 g/mol. The fourth-order valence-electron chi connectivity index (χ4n) is 3.03. The number of likely N-dealkylation sites (tertiary alicyclic amines) is 1. The van der Waals surface area contributed by atoms with Crippen LogP contribution in [0.1, 0.15) is 33.6 Å². The minimum absolute atomic E-state index is 0.274. The van der Waals surface area contributed by atoms with E-state index in [4.69, 9.17) is 9.16 Å². The van der Waals surface area contributed by atoms with Gasteiger partial charge in [-0.1, -0.05) is 20.8 Å². The Hall–Kier alpha value is -0.963. The van der Waals surface area contributed by atoms with Crippen molar-refractivity contribution in [3.8, 4) is 5.88 Å². The Kier molecular flexibility index (Phi) is 6.30. The Morgan fingerprint density at radius 1 is 1.26 bits per heavy atom. The van der Waals surface area contributed by atoms with Gasteiger partial charge >= 0.3 is 0 Å². The van der Waals surface area contributed by atoms with E-state index in [-0.39, 0.29) is 5.04 Å². The second kappa shape index (κ2) is 8.19. The first-order chi connectivity index (χ1) is 12.7. The molecule has 150 valence electrons. The van der Waals surface area contributed by atoms with Crippen LogP contribution in [0.15, 0.2) is 22.9 Å². The van der Waals surface area contributed by atoms with Crippen molar-refractivity contribution in [2.75, 3.05) is 26.2 Å². The second-order valence-corrected chi connectivity index (χ2v) is 14.4. The van der Waals surface area contributed by atoms with Crippen LogP contribution < -0.4 is 4.74 Å². The van der Waals surface area contributed by atoms with Gasteiger partial charge in [0.15, 0.2) is 14.0 Å². The lowest BCUT2D eigenvalue weighted by Gasteiger charge is -2.41.